The van der Waals surface area contributed by atoms with Crippen LogP contribution < -0.4 is 0 Å². The van der Waals surface area contributed by atoms with Gasteiger partial charge in [-0.05, 0) is 38.3 Å². The van der Waals surface area contributed by atoms with Crippen molar-refractivity contribution >= 4 is 5.97 Å². The molecule has 1 fully saturated rings. The van der Waals surface area contributed by atoms with Crippen LogP contribution in [0.25, 0.3) is 0 Å². The van der Waals surface area contributed by atoms with Crippen LogP contribution in [0.1, 0.15) is 35.8 Å². The molecule has 0 amide bonds. The van der Waals surface area contributed by atoms with Crippen LogP contribution >= 0.6 is 0 Å². The van der Waals surface area contributed by atoms with Crippen LogP contribution in [0, 0.1) is 5.92 Å². The number of halogens is 3. The lowest BCUT2D eigenvalue weighted by atomic mass is 9.98. The predicted octanol–water partition coefficient (Wildman–Crippen LogP) is 2.47. The van der Waals surface area contributed by atoms with E-state index in [9.17, 15) is 18.0 Å². The molecule has 2 heterocycles. The minimum Gasteiger partial charge on any atom is -0.462 e. The van der Waals surface area contributed by atoms with Gasteiger partial charge in [-0.15, -0.1) is 0 Å². The molecule has 0 bridgehead atoms. The number of ether oxygens (including phenoxy) is 1. The second-order valence-electron chi connectivity index (χ2n) is 5.67. The molecule has 128 valence electrons. The van der Waals surface area contributed by atoms with Crippen molar-refractivity contribution in [2.75, 3.05) is 26.2 Å². The van der Waals surface area contributed by atoms with E-state index in [4.69, 9.17) is 4.74 Å². The molecule has 23 heavy (non-hydrogen) atoms. The summed E-state index contributed by atoms with van der Waals surface area (Å²) in [6.45, 7) is 1.97. The Morgan fingerprint density at radius 3 is 2.70 bits per heavy atom. The largest absolute Gasteiger partial charge is 0.462 e. The van der Waals surface area contributed by atoms with E-state index in [1.807, 2.05) is 6.92 Å². The summed E-state index contributed by atoms with van der Waals surface area (Å²) in [5.41, 5.74) is 0.981. The summed E-state index contributed by atoms with van der Waals surface area (Å²) in [6, 6.07) is 0. The maximum Gasteiger partial charge on any atom is 0.401 e. The summed E-state index contributed by atoms with van der Waals surface area (Å²) >= 11 is 0. The minimum absolute atomic E-state index is 0.0955. The van der Waals surface area contributed by atoms with Gasteiger partial charge in [0, 0.05) is 6.20 Å². The zero-order valence-electron chi connectivity index (χ0n) is 13.0. The van der Waals surface area contributed by atoms with E-state index in [-0.39, 0.29) is 12.5 Å². The number of carbonyl (C=O) groups excluding carboxylic acids is 1. The number of hydrogen-bond donors (Lipinski definition) is 0. The molecule has 1 aliphatic heterocycles. The van der Waals surface area contributed by atoms with Gasteiger partial charge in [-0.1, -0.05) is 6.92 Å². The fraction of sp³-hybridized carbons (Fsp3) is 0.667. The van der Waals surface area contributed by atoms with E-state index in [0.717, 1.165) is 0 Å². The molecule has 1 aromatic heterocycles. The van der Waals surface area contributed by atoms with Crippen LogP contribution in [-0.2, 0) is 11.2 Å². The lowest BCUT2D eigenvalue weighted by Gasteiger charge is -2.32. The van der Waals surface area contributed by atoms with Crippen LogP contribution in [0.5, 0.6) is 0 Å². The van der Waals surface area contributed by atoms with Gasteiger partial charge in [0.2, 0.25) is 0 Å². The van der Waals surface area contributed by atoms with Crippen LogP contribution in [0.2, 0.25) is 0 Å². The van der Waals surface area contributed by atoms with Gasteiger partial charge < -0.3 is 4.74 Å². The molecule has 0 N–H and O–H groups in total. The molecule has 0 aromatic carbocycles. The summed E-state index contributed by atoms with van der Waals surface area (Å²) in [5.74, 6) is -0.377. The maximum absolute atomic E-state index is 12.3. The fourth-order valence-electron chi connectivity index (χ4n) is 2.64. The first-order valence-electron chi connectivity index (χ1n) is 7.64. The van der Waals surface area contributed by atoms with Crippen LogP contribution in [0.15, 0.2) is 12.5 Å². The number of hydrogen-bond acceptors (Lipinski definition) is 5. The van der Waals surface area contributed by atoms with Gasteiger partial charge in [0.25, 0.3) is 0 Å². The van der Waals surface area contributed by atoms with E-state index >= 15 is 0 Å². The normalized spacial score (nSPS) is 17.2. The fourth-order valence-corrected chi connectivity index (χ4v) is 2.64. The number of carbonyl (C=O) groups is 1. The van der Waals surface area contributed by atoms with Gasteiger partial charge in [0.15, 0.2) is 0 Å². The molecule has 0 aliphatic carbocycles. The molecule has 8 heteroatoms. The van der Waals surface area contributed by atoms with Crippen LogP contribution in [0.3, 0.4) is 0 Å². The average molecular weight is 331 g/mol. The number of esters is 1. The zero-order chi connectivity index (χ0) is 16.9. The van der Waals surface area contributed by atoms with Crippen LogP contribution in [-0.4, -0.2) is 53.3 Å². The number of rotatable bonds is 5. The van der Waals surface area contributed by atoms with Crippen molar-refractivity contribution in [3.05, 3.63) is 23.8 Å². The van der Waals surface area contributed by atoms with Gasteiger partial charge in [-0.25, -0.2) is 14.8 Å². The van der Waals surface area contributed by atoms with Gasteiger partial charge in [-0.2, -0.15) is 13.2 Å². The molecule has 0 spiro atoms. The number of aryl methyl sites for hydroxylation is 1. The topological polar surface area (TPSA) is 55.3 Å². The molecule has 1 aromatic rings. The lowest BCUT2D eigenvalue weighted by molar-refractivity contribution is -0.148. The minimum atomic E-state index is -4.16. The van der Waals surface area contributed by atoms with Crippen molar-refractivity contribution in [3.8, 4) is 0 Å². The second kappa shape index (κ2) is 7.72. The number of aromatic nitrogens is 2. The highest BCUT2D eigenvalue weighted by atomic mass is 19.4. The van der Waals surface area contributed by atoms with E-state index in [1.165, 1.54) is 17.4 Å². The van der Waals surface area contributed by atoms with E-state index < -0.39 is 18.7 Å². The molecule has 1 saturated heterocycles. The highest BCUT2D eigenvalue weighted by Gasteiger charge is 2.32. The molecule has 0 atom stereocenters. The van der Waals surface area contributed by atoms with Gasteiger partial charge >= 0.3 is 12.1 Å². The molecule has 2 rings (SSSR count). The first-order valence-corrected chi connectivity index (χ1v) is 7.64. The zero-order valence-corrected chi connectivity index (χ0v) is 13.0. The SMILES string of the molecule is CCc1ncncc1C(=O)OCC1CCN(CC(F)(F)F)CC1. The standard InChI is InChI=1S/C15H20F3N3O2/c1-2-13-12(7-19-10-20-13)14(22)23-8-11-3-5-21(6-4-11)9-15(16,17)18/h7,10-11H,2-6,8-9H2,1H3. The van der Waals surface area contributed by atoms with Gasteiger partial charge in [-0.3, -0.25) is 4.90 Å². The number of nitrogens with zero attached hydrogens (tertiary/aromatic N) is 3. The Hall–Kier alpha value is -1.70. The smallest absolute Gasteiger partial charge is 0.401 e. The van der Waals surface area contributed by atoms with Crippen molar-refractivity contribution in [1.29, 1.82) is 0 Å². The molecule has 0 radical (unpaired) electrons. The van der Waals surface area contributed by atoms with Crippen molar-refractivity contribution in [1.82, 2.24) is 14.9 Å². The van der Waals surface area contributed by atoms with Gasteiger partial charge in [0.1, 0.15) is 6.33 Å². The monoisotopic (exact) mass is 331 g/mol. The summed E-state index contributed by atoms with van der Waals surface area (Å²) in [4.78, 5) is 21.3. The molecule has 0 saturated carbocycles. The molecule has 5 nitrogen and oxygen atoms in total. The number of alkyl halides is 3. The molecule has 1 aliphatic rings. The van der Waals surface area contributed by atoms with E-state index in [1.54, 1.807) is 0 Å². The third-order valence-corrected chi connectivity index (χ3v) is 3.91. The number of likely N-dealkylation sites (tertiary alicyclic amines) is 1. The van der Waals surface area contributed by atoms with Crippen molar-refractivity contribution in [2.45, 2.75) is 32.4 Å². The Morgan fingerprint density at radius 2 is 2.09 bits per heavy atom. The van der Waals surface area contributed by atoms with E-state index in [2.05, 4.69) is 9.97 Å². The van der Waals surface area contributed by atoms with E-state index in [0.29, 0.717) is 43.6 Å². The Labute approximate surface area is 132 Å². The van der Waals surface area contributed by atoms with Crippen molar-refractivity contribution in [2.24, 2.45) is 5.92 Å². The third-order valence-electron chi connectivity index (χ3n) is 3.91. The highest BCUT2D eigenvalue weighted by Crippen LogP contribution is 2.23. The molecular formula is C15H20F3N3O2. The van der Waals surface area contributed by atoms with Gasteiger partial charge in [0.05, 0.1) is 24.4 Å². The molecular weight excluding hydrogens is 311 g/mol. The first-order chi connectivity index (χ1) is 10.9. The summed E-state index contributed by atoms with van der Waals surface area (Å²) in [7, 11) is 0. The average Bonchev–Trinajstić information content (AvgIpc) is 2.52. The van der Waals surface area contributed by atoms with Crippen molar-refractivity contribution < 1.29 is 22.7 Å². The Morgan fingerprint density at radius 1 is 1.39 bits per heavy atom. The van der Waals surface area contributed by atoms with Crippen molar-refractivity contribution in [3.63, 3.8) is 0 Å². The predicted molar refractivity (Wildman–Crippen MR) is 76.9 cm³/mol. The second-order valence-corrected chi connectivity index (χ2v) is 5.67. The lowest BCUT2D eigenvalue weighted by Crippen LogP contribution is -2.40. The Balaban J connectivity index is 1.78. The Bertz CT molecular complexity index is 529. The summed E-state index contributed by atoms with van der Waals surface area (Å²) in [6.07, 6.45) is 0.433. The highest BCUT2D eigenvalue weighted by molar-refractivity contribution is 5.90. The number of piperidine rings is 1. The Kier molecular flexibility index (Phi) is 5.92. The van der Waals surface area contributed by atoms with Crippen LogP contribution in [0.4, 0.5) is 13.2 Å². The summed E-state index contributed by atoms with van der Waals surface area (Å²) < 4.78 is 42.3. The third kappa shape index (κ3) is 5.46. The maximum atomic E-state index is 12.3. The first kappa shape index (κ1) is 17.7. The summed E-state index contributed by atoms with van der Waals surface area (Å²) in [5, 5.41) is 0. The molecule has 0 unspecified atom stereocenters. The quantitative estimate of drug-likeness (QED) is 0.776.